The molecule has 154 valence electrons. The lowest BCUT2D eigenvalue weighted by Gasteiger charge is -2.16. The van der Waals surface area contributed by atoms with Crippen molar-refractivity contribution in [3.8, 4) is 0 Å². The van der Waals surface area contributed by atoms with Crippen LogP contribution in [0.15, 0.2) is 54.7 Å². The van der Waals surface area contributed by atoms with E-state index in [-0.39, 0.29) is 24.1 Å². The summed E-state index contributed by atoms with van der Waals surface area (Å²) < 4.78 is 0. The normalized spacial score (nSPS) is 16.1. The minimum Gasteiger partial charge on any atom is -0.360 e. The number of H-pyrrole nitrogens is 1. The molecule has 2 heterocycles. The van der Waals surface area contributed by atoms with Gasteiger partial charge in [-0.25, -0.2) is 0 Å². The van der Waals surface area contributed by atoms with E-state index < -0.39 is 5.92 Å². The summed E-state index contributed by atoms with van der Waals surface area (Å²) in [7, 11) is 0. The standard InChI is InChI=1S/C22H21ClN4O3/c23-15-5-7-16(8-6-15)27-13-14(11-20(27)28)21(29)24-9-10-25-22(30)18-12-26-19-4-2-1-3-17(18)19/h1-8,12,14,26H,9-11,13H2,(H,24,29)(H,25,30)/t14-/m0/s1. The monoisotopic (exact) mass is 424 g/mol. The third-order valence-corrected chi connectivity index (χ3v) is 5.43. The maximum atomic E-state index is 12.4. The molecule has 30 heavy (non-hydrogen) atoms. The van der Waals surface area contributed by atoms with Gasteiger partial charge in [0, 0.05) is 53.9 Å². The number of rotatable bonds is 6. The van der Waals surface area contributed by atoms with Crippen molar-refractivity contribution in [1.82, 2.24) is 15.6 Å². The predicted molar refractivity (Wildman–Crippen MR) is 116 cm³/mol. The van der Waals surface area contributed by atoms with Gasteiger partial charge in [-0.15, -0.1) is 0 Å². The van der Waals surface area contributed by atoms with E-state index in [0.29, 0.717) is 30.2 Å². The van der Waals surface area contributed by atoms with E-state index in [0.717, 1.165) is 16.6 Å². The lowest BCUT2D eigenvalue weighted by molar-refractivity contribution is -0.126. The zero-order valence-corrected chi connectivity index (χ0v) is 16.9. The van der Waals surface area contributed by atoms with Gasteiger partial charge in [0.2, 0.25) is 11.8 Å². The van der Waals surface area contributed by atoms with Crippen LogP contribution in [0, 0.1) is 5.92 Å². The molecule has 2 aromatic carbocycles. The number of fused-ring (bicyclic) bond motifs is 1. The number of anilines is 1. The van der Waals surface area contributed by atoms with E-state index in [4.69, 9.17) is 11.6 Å². The van der Waals surface area contributed by atoms with E-state index in [2.05, 4.69) is 15.6 Å². The van der Waals surface area contributed by atoms with Crippen LogP contribution < -0.4 is 15.5 Å². The molecule has 3 amide bonds. The third-order valence-electron chi connectivity index (χ3n) is 5.18. The highest BCUT2D eigenvalue weighted by Gasteiger charge is 2.34. The maximum Gasteiger partial charge on any atom is 0.253 e. The predicted octanol–water partition coefficient (Wildman–Crippen LogP) is 2.72. The van der Waals surface area contributed by atoms with Gasteiger partial charge in [0.1, 0.15) is 0 Å². The summed E-state index contributed by atoms with van der Waals surface area (Å²) in [5.41, 5.74) is 2.19. The van der Waals surface area contributed by atoms with E-state index in [1.165, 1.54) is 0 Å². The molecule has 0 saturated carbocycles. The number of nitrogens with zero attached hydrogens (tertiary/aromatic N) is 1. The average molecular weight is 425 g/mol. The Morgan fingerprint density at radius 1 is 1.07 bits per heavy atom. The zero-order chi connectivity index (χ0) is 21.1. The van der Waals surface area contributed by atoms with Crippen molar-refractivity contribution in [2.75, 3.05) is 24.5 Å². The second-order valence-corrected chi connectivity index (χ2v) is 7.61. The maximum absolute atomic E-state index is 12.4. The summed E-state index contributed by atoms with van der Waals surface area (Å²) in [5, 5.41) is 7.06. The number of nitrogens with one attached hydrogen (secondary N) is 3. The van der Waals surface area contributed by atoms with Gasteiger partial charge in [-0.3, -0.25) is 14.4 Å². The number of amides is 3. The third kappa shape index (κ3) is 4.16. The molecule has 3 N–H and O–H groups in total. The van der Waals surface area contributed by atoms with Gasteiger partial charge in [-0.05, 0) is 30.3 Å². The Hall–Kier alpha value is -3.32. The molecule has 4 rings (SSSR count). The summed E-state index contributed by atoms with van der Waals surface area (Å²) in [5.74, 6) is -0.907. The molecular formula is C22H21ClN4O3. The van der Waals surface area contributed by atoms with Crippen LogP contribution in [0.2, 0.25) is 5.02 Å². The smallest absolute Gasteiger partial charge is 0.253 e. The minimum absolute atomic E-state index is 0.0925. The lowest BCUT2D eigenvalue weighted by Crippen LogP contribution is -2.38. The number of hydrogen-bond donors (Lipinski definition) is 3. The number of aromatic nitrogens is 1. The van der Waals surface area contributed by atoms with Crippen LogP contribution in [-0.4, -0.2) is 42.3 Å². The summed E-state index contributed by atoms with van der Waals surface area (Å²) in [4.78, 5) is 41.8. The van der Waals surface area contributed by atoms with E-state index in [1.807, 2.05) is 24.3 Å². The number of hydrogen-bond acceptors (Lipinski definition) is 3. The number of para-hydroxylation sites is 1. The number of halogens is 1. The van der Waals surface area contributed by atoms with Crippen LogP contribution in [0.25, 0.3) is 10.9 Å². The Bertz CT molecular complexity index is 1090. The van der Waals surface area contributed by atoms with Gasteiger partial charge < -0.3 is 20.5 Å². The molecule has 1 aliphatic heterocycles. The number of benzene rings is 2. The fourth-order valence-electron chi connectivity index (χ4n) is 3.61. The van der Waals surface area contributed by atoms with Gasteiger partial charge in [-0.1, -0.05) is 29.8 Å². The van der Waals surface area contributed by atoms with Crippen LogP contribution >= 0.6 is 11.6 Å². The van der Waals surface area contributed by atoms with E-state index >= 15 is 0 Å². The molecule has 1 atom stereocenters. The first kappa shape index (κ1) is 20.0. The van der Waals surface area contributed by atoms with Crippen LogP contribution in [-0.2, 0) is 9.59 Å². The van der Waals surface area contributed by atoms with E-state index in [1.54, 1.807) is 35.4 Å². The highest BCUT2D eigenvalue weighted by molar-refractivity contribution is 6.30. The number of carbonyl (C=O) groups is 3. The Labute approximate surface area is 178 Å². The van der Waals surface area contributed by atoms with Crippen molar-refractivity contribution < 1.29 is 14.4 Å². The lowest BCUT2D eigenvalue weighted by atomic mass is 10.1. The molecule has 7 nitrogen and oxygen atoms in total. The molecule has 0 spiro atoms. The first-order chi connectivity index (χ1) is 14.5. The Morgan fingerprint density at radius 2 is 1.80 bits per heavy atom. The van der Waals surface area contributed by atoms with Crippen LogP contribution in [0.1, 0.15) is 16.8 Å². The molecular weight excluding hydrogens is 404 g/mol. The van der Waals surface area contributed by atoms with Gasteiger partial charge >= 0.3 is 0 Å². The van der Waals surface area contributed by atoms with Gasteiger partial charge in [0.05, 0.1) is 11.5 Å². The van der Waals surface area contributed by atoms with Crippen LogP contribution in [0.5, 0.6) is 0 Å². The van der Waals surface area contributed by atoms with Gasteiger partial charge in [0.15, 0.2) is 0 Å². The Balaban J connectivity index is 1.25. The largest absolute Gasteiger partial charge is 0.360 e. The van der Waals surface area contributed by atoms with Crippen molar-refractivity contribution in [1.29, 1.82) is 0 Å². The fraction of sp³-hybridized carbons (Fsp3) is 0.227. The van der Waals surface area contributed by atoms with Crippen LogP contribution in [0.4, 0.5) is 5.69 Å². The van der Waals surface area contributed by atoms with Crippen molar-refractivity contribution in [3.05, 3.63) is 65.3 Å². The van der Waals surface area contributed by atoms with Gasteiger partial charge in [-0.2, -0.15) is 0 Å². The highest BCUT2D eigenvalue weighted by atomic mass is 35.5. The van der Waals surface area contributed by atoms with Crippen molar-refractivity contribution in [2.24, 2.45) is 5.92 Å². The Kier molecular flexibility index (Phi) is 5.72. The molecule has 3 aromatic rings. The summed E-state index contributed by atoms with van der Waals surface area (Å²) in [6, 6.07) is 14.5. The second-order valence-electron chi connectivity index (χ2n) is 7.18. The highest BCUT2D eigenvalue weighted by Crippen LogP contribution is 2.26. The molecule has 0 radical (unpaired) electrons. The topological polar surface area (TPSA) is 94.3 Å². The fourth-order valence-corrected chi connectivity index (χ4v) is 3.74. The average Bonchev–Trinajstić information content (AvgIpc) is 3.35. The molecule has 8 heteroatoms. The number of carbonyl (C=O) groups excluding carboxylic acids is 3. The molecule has 1 aromatic heterocycles. The zero-order valence-electron chi connectivity index (χ0n) is 16.2. The van der Waals surface area contributed by atoms with Crippen molar-refractivity contribution in [2.45, 2.75) is 6.42 Å². The first-order valence-corrected chi connectivity index (χ1v) is 10.1. The van der Waals surface area contributed by atoms with Crippen LogP contribution in [0.3, 0.4) is 0 Å². The quantitative estimate of drug-likeness (QED) is 0.531. The second kappa shape index (κ2) is 8.59. The van der Waals surface area contributed by atoms with Crippen molar-refractivity contribution >= 4 is 45.9 Å². The summed E-state index contributed by atoms with van der Waals surface area (Å²) in [6.45, 7) is 0.915. The van der Waals surface area contributed by atoms with E-state index in [9.17, 15) is 14.4 Å². The Morgan fingerprint density at radius 3 is 2.60 bits per heavy atom. The summed E-state index contributed by atoms with van der Waals surface area (Å²) >= 11 is 5.89. The molecule has 1 aliphatic rings. The summed E-state index contributed by atoms with van der Waals surface area (Å²) in [6.07, 6.45) is 1.84. The molecule has 1 saturated heterocycles. The van der Waals surface area contributed by atoms with Gasteiger partial charge in [0.25, 0.3) is 5.91 Å². The SMILES string of the molecule is O=C(NCCNC(=O)[C@H]1CC(=O)N(c2ccc(Cl)cc2)C1)c1c[nH]c2ccccc12. The minimum atomic E-state index is -0.419. The van der Waals surface area contributed by atoms with Crippen molar-refractivity contribution in [3.63, 3.8) is 0 Å². The molecule has 0 aliphatic carbocycles. The molecule has 0 unspecified atom stereocenters. The molecule has 1 fully saturated rings. The first-order valence-electron chi connectivity index (χ1n) is 9.71. The number of aromatic amines is 1. The molecule has 0 bridgehead atoms.